The quantitative estimate of drug-likeness (QED) is 0.804. The summed E-state index contributed by atoms with van der Waals surface area (Å²) in [5, 5.41) is 23.5. The van der Waals surface area contributed by atoms with Crippen molar-refractivity contribution in [1.29, 1.82) is 5.26 Å². The Morgan fingerprint density at radius 1 is 1.18 bits per heavy atom. The van der Waals surface area contributed by atoms with Gasteiger partial charge in [-0.3, -0.25) is 0 Å². The van der Waals surface area contributed by atoms with E-state index in [0.717, 1.165) is 11.3 Å². The molecule has 2 aromatic heterocycles. The fourth-order valence-corrected chi connectivity index (χ4v) is 2.29. The van der Waals surface area contributed by atoms with E-state index in [1.165, 1.54) is 10.9 Å². The molecule has 0 radical (unpaired) electrons. The summed E-state index contributed by atoms with van der Waals surface area (Å²) < 4.78 is 1.34. The number of benzene rings is 1. The maximum Gasteiger partial charge on any atom is 0.215 e. The van der Waals surface area contributed by atoms with Crippen molar-refractivity contribution in [3.05, 3.63) is 71.5 Å². The van der Waals surface area contributed by atoms with Crippen LogP contribution in [0.15, 0.2) is 54.7 Å². The Balaban J connectivity index is 1.99. The molecule has 0 fully saturated rings. The van der Waals surface area contributed by atoms with Crippen LogP contribution in [0.25, 0.3) is 5.82 Å². The summed E-state index contributed by atoms with van der Waals surface area (Å²) in [6.45, 7) is 2.03. The number of nitriles is 1. The highest BCUT2D eigenvalue weighted by Crippen LogP contribution is 2.27. The van der Waals surface area contributed by atoms with Gasteiger partial charge in [-0.15, -0.1) is 0 Å². The highest BCUT2D eigenvalue weighted by Gasteiger charge is 2.16. The number of aromatic nitrogens is 3. The molecule has 0 aliphatic rings. The second-order valence-electron chi connectivity index (χ2n) is 4.99. The summed E-state index contributed by atoms with van der Waals surface area (Å²) in [5.41, 5.74) is 2.33. The summed E-state index contributed by atoms with van der Waals surface area (Å²) in [4.78, 5) is 4.15. The lowest BCUT2D eigenvalue weighted by Crippen LogP contribution is -2.02. The van der Waals surface area contributed by atoms with E-state index in [-0.39, 0.29) is 11.8 Å². The number of hydrogen-bond donors (Lipinski definition) is 1. The molecule has 0 saturated carbocycles. The minimum absolute atomic E-state index is 0.000343. The van der Waals surface area contributed by atoms with Gasteiger partial charge in [0.25, 0.3) is 0 Å². The van der Waals surface area contributed by atoms with E-state index >= 15 is 0 Å². The SMILES string of the molecule is CC(c1ccccc1)c1cc(O)n(-c2cc(C#N)ccn2)n1. The molecule has 0 amide bonds. The Morgan fingerprint density at radius 2 is 1.95 bits per heavy atom. The largest absolute Gasteiger partial charge is 0.493 e. The Labute approximate surface area is 128 Å². The molecule has 3 aromatic rings. The number of pyridine rings is 1. The van der Waals surface area contributed by atoms with Crippen LogP contribution in [-0.4, -0.2) is 19.9 Å². The predicted octanol–water partition coefficient (Wildman–Crippen LogP) is 3.00. The van der Waals surface area contributed by atoms with Crippen LogP contribution in [0.3, 0.4) is 0 Å². The molecule has 3 rings (SSSR count). The smallest absolute Gasteiger partial charge is 0.215 e. The van der Waals surface area contributed by atoms with Crippen LogP contribution in [0.1, 0.15) is 29.7 Å². The summed E-state index contributed by atoms with van der Waals surface area (Å²) in [5.74, 6) is 0.468. The van der Waals surface area contributed by atoms with Crippen LogP contribution in [0, 0.1) is 11.3 Å². The normalized spacial score (nSPS) is 11.8. The van der Waals surface area contributed by atoms with Crippen LogP contribution in [-0.2, 0) is 0 Å². The third-order valence-electron chi connectivity index (χ3n) is 3.54. The molecule has 5 nitrogen and oxygen atoms in total. The molecule has 108 valence electrons. The molecule has 1 aromatic carbocycles. The molecule has 5 heteroatoms. The van der Waals surface area contributed by atoms with E-state index in [2.05, 4.69) is 10.1 Å². The molecular formula is C17H14N4O. The third kappa shape index (κ3) is 2.54. The minimum Gasteiger partial charge on any atom is -0.493 e. The fraction of sp³-hybridized carbons (Fsp3) is 0.118. The van der Waals surface area contributed by atoms with Crippen molar-refractivity contribution in [2.45, 2.75) is 12.8 Å². The second kappa shape index (κ2) is 5.70. The van der Waals surface area contributed by atoms with E-state index in [0.29, 0.717) is 11.4 Å². The Morgan fingerprint density at radius 3 is 2.68 bits per heavy atom. The number of hydrogen-bond acceptors (Lipinski definition) is 4. The fourth-order valence-electron chi connectivity index (χ4n) is 2.29. The lowest BCUT2D eigenvalue weighted by molar-refractivity contribution is 0.432. The zero-order valence-corrected chi connectivity index (χ0v) is 12.0. The summed E-state index contributed by atoms with van der Waals surface area (Å²) in [6, 6.07) is 16.8. The predicted molar refractivity (Wildman–Crippen MR) is 81.7 cm³/mol. The first kappa shape index (κ1) is 13.8. The van der Waals surface area contributed by atoms with Crippen molar-refractivity contribution in [3.8, 4) is 17.8 Å². The van der Waals surface area contributed by atoms with Gasteiger partial charge in [-0.05, 0) is 11.6 Å². The zero-order chi connectivity index (χ0) is 15.5. The van der Waals surface area contributed by atoms with Crippen LogP contribution < -0.4 is 0 Å². The topological polar surface area (TPSA) is 74.7 Å². The molecule has 1 N–H and O–H groups in total. The molecular weight excluding hydrogens is 276 g/mol. The van der Waals surface area contributed by atoms with E-state index in [1.807, 2.05) is 43.3 Å². The Kier molecular flexibility index (Phi) is 3.58. The van der Waals surface area contributed by atoms with Crippen molar-refractivity contribution in [2.75, 3.05) is 0 Å². The maximum atomic E-state index is 10.1. The first-order valence-corrected chi connectivity index (χ1v) is 6.89. The van der Waals surface area contributed by atoms with E-state index in [1.54, 1.807) is 18.2 Å². The van der Waals surface area contributed by atoms with Gasteiger partial charge in [-0.1, -0.05) is 37.3 Å². The van der Waals surface area contributed by atoms with Crippen molar-refractivity contribution < 1.29 is 5.11 Å². The van der Waals surface area contributed by atoms with Gasteiger partial charge in [0.15, 0.2) is 5.82 Å². The highest BCUT2D eigenvalue weighted by molar-refractivity contribution is 5.38. The molecule has 1 atom stereocenters. The number of rotatable bonds is 3. The maximum absolute atomic E-state index is 10.1. The monoisotopic (exact) mass is 290 g/mol. The average Bonchev–Trinajstić information content (AvgIpc) is 2.97. The lowest BCUT2D eigenvalue weighted by Gasteiger charge is -2.08. The first-order valence-electron chi connectivity index (χ1n) is 6.89. The molecule has 22 heavy (non-hydrogen) atoms. The molecule has 0 spiro atoms. The van der Waals surface area contributed by atoms with E-state index < -0.39 is 0 Å². The van der Waals surface area contributed by atoms with Gasteiger partial charge in [0.1, 0.15) is 0 Å². The summed E-state index contributed by atoms with van der Waals surface area (Å²) >= 11 is 0. The Bertz CT molecular complexity index is 833. The molecule has 2 heterocycles. The van der Waals surface area contributed by atoms with Crippen LogP contribution >= 0.6 is 0 Å². The summed E-state index contributed by atoms with van der Waals surface area (Å²) in [7, 11) is 0. The molecule has 0 saturated heterocycles. The van der Waals surface area contributed by atoms with Crippen LogP contribution in [0.5, 0.6) is 5.88 Å². The molecule has 1 unspecified atom stereocenters. The standard InChI is InChI=1S/C17H14N4O/c1-12(14-5-3-2-4-6-14)15-10-17(22)21(20-15)16-9-13(11-18)7-8-19-16/h2-10,12,22H,1H3. The second-order valence-corrected chi connectivity index (χ2v) is 4.99. The Hall–Kier alpha value is -3.13. The van der Waals surface area contributed by atoms with E-state index in [4.69, 9.17) is 5.26 Å². The van der Waals surface area contributed by atoms with Gasteiger partial charge >= 0.3 is 0 Å². The third-order valence-corrected chi connectivity index (χ3v) is 3.54. The molecule has 0 aliphatic heterocycles. The van der Waals surface area contributed by atoms with Crippen molar-refractivity contribution in [2.24, 2.45) is 0 Å². The average molecular weight is 290 g/mol. The van der Waals surface area contributed by atoms with Gasteiger partial charge in [0.2, 0.25) is 5.88 Å². The number of nitrogens with zero attached hydrogens (tertiary/aromatic N) is 4. The van der Waals surface area contributed by atoms with E-state index in [9.17, 15) is 5.11 Å². The van der Waals surface area contributed by atoms with Gasteiger partial charge in [-0.25, -0.2) is 4.98 Å². The summed E-state index contributed by atoms with van der Waals surface area (Å²) in [6.07, 6.45) is 1.52. The minimum atomic E-state index is 0.000343. The zero-order valence-electron chi connectivity index (χ0n) is 12.0. The first-order chi connectivity index (χ1) is 10.7. The van der Waals surface area contributed by atoms with Gasteiger partial charge in [-0.2, -0.15) is 15.0 Å². The van der Waals surface area contributed by atoms with Crippen molar-refractivity contribution >= 4 is 0 Å². The van der Waals surface area contributed by atoms with Gasteiger partial charge in [0, 0.05) is 24.2 Å². The van der Waals surface area contributed by atoms with Gasteiger partial charge in [0.05, 0.1) is 17.3 Å². The number of aromatic hydroxyl groups is 1. The van der Waals surface area contributed by atoms with Crippen LogP contribution in [0.4, 0.5) is 0 Å². The van der Waals surface area contributed by atoms with Crippen LogP contribution in [0.2, 0.25) is 0 Å². The van der Waals surface area contributed by atoms with Gasteiger partial charge < -0.3 is 5.11 Å². The van der Waals surface area contributed by atoms with Crippen molar-refractivity contribution in [3.63, 3.8) is 0 Å². The highest BCUT2D eigenvalue weighted by atomic mass is 16.3. The van der Waals surface area contributed by atoms with Crippen molar-refractivity contribution in [1.82, 2.24) is 14.8 Å². The molecule has 0 aliphatic carbocycles. The molecule has 0 bridgehead atoms. The lowest BCUT2D eigenvalue weighted by atomic mass is 9.98.